The van der Waals surface area contributed by atoms with Crippen LogP contribution in [0.4, 0.5) is 0 Å². The number of hydrogen-bond acceptors (Lipinski definition) is 2. The normalized spacial score (nSPS) is 12.3. The van der Waals surface area contributed by atoms with Gasteiger partial charge in [-0.25, -0.2) is 0 Å². The molecule has 0 atom stereocenters. The van der Waals surface area contributed by atoms with E-state index in [-0.39, 0.29) is 0 Å². The summed E-state index contributed by atoms with van der Waals surface area (Å²) in [4.78, 5) is 8.73. The predicted octanol–water partition coefficient (Wildman–Crippen LogP) is 6.83. The molecule has 0 aliphatic rings. The molecule has 0 amide bonds. The first kappa shape index (κ1) is 14.3. The highest BCUT2D eigenvalue weighted by molar-refractivity contribution is 6.38. The third-order valence-corrected chi connectivity index (χ3v) is 6.13. The molecule has 0 unspecified atom stereocenters. The molecular formula is C26H14N2. The number of pyridine rings is 2. The van der Waals surface area contributed by atoms with Crippen molar-refractivity contribution in [2.45, 2.75) is 0 Å². The molecule has 2 nitrogen and oxygen atoms in total. The molecule has 2 heteroatoms. The van der Waals surface area contributed by atoms with Gasteiger partial charge in [0.15, 0.2) is 0 Å². The van der Waals surface area contributed by atoms with E-state index in [4.69, 9.17) is 0 Å². The smallest absolute Gasteiger partial charge is 0.0346 e. The van der Waals surface area contributed by atoms with Gasteiger partial charge in [-0.2, -0.15) is 0 Å². The maximum atomic E-state index is 4.36. The van der Waals surface area contributed by atoms with Gasteiger partial charge in [-0.15, -0.1) is 0 Å². The molecule has 2 heterocycles. The van der Waals surface area contributed by atoms with E-state index in [1.54, 1.807) is 0 Å². The SMILES string of the molecule is c1cc2c3ccncc3cc3c4cccc5c6ccncc6cc(c(c1)c23)c54. The lowest BCUT2D eigenvalue weighted by molar-refractivity contribution is 1.37. The Bertz CT molecular complexity index is 1580. The Morgan fingerprint density at radius 1 is 0.429 bits per heavy atom. The molecule has 7 rings (SSSR count). The summed E-state index contributed by atoms with van der Waals surface area (Å²) in [5.41, 5.74) is 0. The first-order valence-electron chi connectivity index (χ1n) is 9.50. The van der Waals surface area contributed by atoms with Gasteiger partial charge in [0.2, 0.25) is 0 Å². The minimum absolute atomic E-state index is 1.19. The van der Waals surface area contributed by atoms with Crippen molar-refractivity contribution in [1.29, 1.82) is 0 Å². The summed E-state index contributed by atoms with van der Waals surface area (Å²) < 4.78 is 0. The van der Waals surface area contributed by atoms with E-state index < -0.39 is 0 Å². The van der Waals surface area contributed by atoms with Crippen LogP contribution in [0.1, 0.15) is 0 Å². The molecule has 0 radical (unpaired) electrons. The Hall–Kier alpha value is -3.78. The van der Waals surface area contributed by atoms with E-state index in [1.807, 2.05) is 24.8 Å². The minimum atomic E-state index is 1.19. The first-order valence-corrected chi connectivity index (χ1v) is 9.50. The lowest BCUT2D eigenvalue weighted by Gasteiger charge is -2.17. The van der Waals surface area contributed by atoms with Crippen molar-refractivity contribution in [2.75, 3.05) is 0 Å². The molecule has 0 spiro atoms. The van der Waals surface area contributed by atoms with Gasteiger partial charge in [0.1, 0.15) is 0 Å². The van der Waals surface area contributed by atoms with Crippen LogP contribution in [0.5, 0.6) is 0 Å². The minimum Gasteiger partial charge on any atom is -0.264 e. The summed E-state index contributed by atoms with van der Waals surface area (Å²) in [5, 5.41) is 15.4. The number of rotatable bonds is 0. The zero-order valence-corrected chi connectivity index (χ0v) is 15.0. The van der Waals surface area contributed by atoms with Crippen molar-refractivity contribution in [3.05, 3.63) is 85.5 Å². The number of fused-ring (bicyclic) bond motifs is 6. The third-order valence-electron chi connectivity index (χ3n) is 6.13. The van der Waals surface area contributed by atoms with E-state index in [2.05, 4.69) is 70.6 Å². The van der Waals surface area contributed by atoms with Gasteiger partial charge < -0.3 is 0 Å². The summed E-state index contributed by atoms with van der Waals surface area (Å²) in [5.74, 6) is 0. The van der Waals surface area contributed by atoms with E-state index in [0.29, 0.717) is 0 Å². The van der Waals surface area contributed by atoms with Crippen molar-refractivity contribution in [3.8, 4) is 0 Å². The fourth-order valence-corrected chi connectivity index (χ4v) is 5.00. The molecule has 0 saturated carbocycles. The number of nitrogens with zero attached hydrogens (tertiary/aromatic N) is 2. The van der Waals surface area contributed by atoms with Crippen LogP contribution in [0.25, 0.3) is 64.6 Å². The van der Waals surface area contributed by atoms with Crippen molar-refractivity contribution in [3.63, 3.8) is 0 Å². The van der Waals surface area contributed by atoms with Crippen molar-refractivity contribution >= 4 is 64.6 Å². The summed E-state index contributed by atoms with van der Waals surface area (Å²) in [7, 11) is 0. The maximum Gasteiger partial charge on any atom is 0.0346 e. The summed E-state index contributed by atoms with van der Waals surface area (Å²) >= 11 is 0. The van der Waals surface area contributed by atoms with E-state index in [0.717, 1.165) is 0 Å². The zero-order valence-electron chi connectivity index (χ0n) is 15.0. The standard InChI is InChI=1S/C26H14N2/c1-3-19-17-7-9-27-13-15(17)12-24-22-6-2-4-20-18-8-10-28-14-16(18)11-23(26(20)22)21(5-1)25(19)24/h1-14H. The Balaban J connectivity index is 1.92. The molecule has 0 aliphatic heterocycles. The van der Waals surface area contributed by atoms with Gasteiger partial charge in [-0.05, 0) is 78.1 Å². The van der Waals surface area contributed by atoms with Crippen molar-refractivity contribution in [1.82, 2.24) is 9.97 Å². The lowest BCUT2D eigenvalue weighted by atomic mass is 9.86. The van der Waals surface area contributed by atoms with Crippen LogP contribution in [0, 0.1) is 0 Å². The van der Waals surface area contributed by atoms with Gasteiger partial charge in [0, 0.05) is 35.6 Å². The molecular weight excluding hydrogens is 340 g/mol. The second kappa shape index (κ2) is 4.93. The van der Waals surface area contributed by atoms with Gasteiger partial charge in [0.25, 0.3) is 0 Å². The van der Waals surface area contributed by atoms with Gasteiger partial charge in [0.05, 0.1) is 0 Å². The van der Waals surface area contributed by atoms with E-state index in [9.17, 15) is 0 Å². The Morgan fingerprint density at radius 3 is 1.32 bits per heavy atom. The Kier molecular flexibility index (Phi) is 2.52. The molecule has 7 aromatic rings. The topological polar surface area (TPSA) is 25.8 Å². The average molecular weight is 354 g/mol. The number of hydrogen-bond donors (Lipinski definition) is 0. The molecule has 0 bridgehead atoms. The van der Waals surface area contributed by atoms with Crippen LogP contribution in [0.2, 0.25) is 0 Å². The predicted molar refractivity (Wildman–Crippen MR) is 118 cm³/mol. The molecule has 0 aliphatic carbocycles. The van der Waals surface area contributed by atoms with Crippen LogP contribution >= 0.6 is 0 Å². The molecule has 28 heavy (non-hydrogen) atoms. The Labute approximate surface area is 160 Å². The summed E-state index contributed by atoms with van der Waals surface area (Å²) in [6, 6.07) is 22.2. The fraction of sp³-hybridized carbons (Fsp3) is 0. The molecule has 2 aromatic heterocycles. The van der Waals surface area contributed by atoms with Crippen LogP contribution < -0.4 is 0 Å². The number of aromatic nitrogens is 2. The zero-order chi connectivity index (χ0) is 18.2. The van der Waals surface area contributed by atoms with Crippen LogP contribution in [0.3, 0.4) is 0 Å². The summed E-state index contributed by atoms with van der Waals surface area (Å²) in [6.45, 7) is 0. The molecule has 128 valence electrons. The van der Waals surface area contributed by atoms with Crippen LogP contribution in [0.15, 0.2) is 85.5 Å². The molecule has 0 N–H and O–H groups in total. The highest BCUT2D eigenvalue weighted by Gasteiger charge is 2.16. The van der Waals surface area contributed by atoms with E-state index >= 15 is 0 Å². The van der Waals surface area contributed by atoms with Crippen LogP contribution in [-0.4, -0.2) is 9.97 Å². The fourth-order valence-electron chi connectivity index (χ4n) is 5.00. The molecule has 0 fully saturated rings. The monoisotopic (exact) mass is 354 g/mol. The maximum absolute atomic E-state index is 4.36. The van der Waals surface area contributed by atoms with Gasteiger partial charge >= 0.3 is 0 Å². The quantitative estimate of drug-likeness (QED) is 0.220. The third kappa shape index (κ3) is 1.64. The second-order valence-electron chi connectivity index (χ2n) is 7.50. The highest BCUT2D eigenvalue weighted by Crippen LogP contribution is 2.44. The molecule has 0 saturated heterocycles. The van der Waals surface area contributed by atoms with E-state index in [1.165, 1.54) is 64.6 Å². The highest BCUT2D eigenvalue weighted by atomic mass is 14.6. The van der Waals surface area contributed by atoms with Crippen molar-refractivity contribution in [2.24, 2.45) is 0 Å². The van der Waals surface area contributed by atoms with Crippen LogP contribution in [-0.2, 0) is 0 Å². The largest absolute Gasteiger partial charge is 0.264 e. The Morgan fingerprint density at radius 2 is 0.857 bits per heavy atom. The number of benzene rings is 5. The first-order chi connectivity index (χ1) is 13.9. The lowest BCUT2D eigenvalue weighted by Crippen LogP contribution is -1.89. The average Bonchev–Trinajstić information content (AvgIpc) is 2.77. The summed E-state index contributed by atoms with van der Waals surface area (Å²) in [6.07, 6.45) is 7.71. The molecule has 5 aromatic carbocycles. The van der Waals surface area contributed by atoms with Gasteiger partial charge in [-0.3, -0.25) is 9.97 Å². The van der Waals surface area contributed by atoms with Gasteiger partial charge in [-0.1, -0.05) is 36.4 Å². The van der Waals surface area contributed by atoms with Crippen molar-refractivity contribution < 1.29 is 0 Å². The second-order valence-corrected chi connectivity index (χ2v) is 7.50.